The van der Waals surface area contributed by atoms with Crippen molar-refractivity contribution in [2.75, 3.05) is 6.61 Å². The lowest BCUT2D eigenvalue weighted by Gasteiger charge is -2.35. The number of aromatic hydroxyl groups is 1. The Morgan fingerprint density at radius 2 is 1.38 bits per heavy atom. The van der Waals surface area contributed by atoms with Crippen molar-refractivity contribution >= 4 is 11.9 Å². The molecule has 2 aromatic carbocycles. The molecular weight excluding hydrogens is 466 g/mol. The van der Waals surface area contributed by atoms with E-state index in [1.54, 1.807) is 6.07 Å². The van der Waals surface area contributed by atoms with Crippen LogP contribution >= 0.6 is 0 Å². The van der Waals surface area contributed by atoms with Gasteiger partial charge in [-0.1, -0.05) is 46.8 Å². The summed E-state index contributed by atoms with van der Waals surface area (Å²) in [6.07, 6.45) is 1.74. The summed E-state index contributed by atoms with van der Waals surface area (Å²) >= 11 is 0. The minimum absolute atomic E-state index is 0.250. The molecule has 1 atom stereocenters. The standard InChI is InChI=1S/C31H45NO5/c1-11-31(12-2,22-13-15-24(20(3)17-22)26(33)32-29(8,9)27(34)35)23-14-16-25(21(4)18-23)37-19-30(10,36)28(5,6)7/h13-18,36H,11-12,19H2,1-10H3,(H,32,33)(H,34,35)/p+1. The number of carboxylic acid groups (broad SMARTS) is 1. The summed E-state index contributed by atoms with van der Waals surface area (Å²) < 4.78 is 4.74. The largest absolute Gasteiger partial charge is 0.580 e. The van der Waals surface area contributed by atoms with E-state index in [1.807, 2.05) is 59.7 Å². The van der Waals surface area contributed by atoms with Gasteiger partial charge < -0.3 is 20.3 Å². The van der Waals surface area contributed by atoms with Crippen molar-refractivity contribution in [2.45, 2.75) is 98.6 Å². The van der Waals surface area contributed by atoms with Crippen molar-refractivity contribution in [3.05, 3.63) is 64.2 Å². The van der Waals surface area contributed by atoms with Gasteiger partial charge in [0.15, 0.2) is 0 Å². The van der Waals surface area contributed by atoms with E-state index >= 15 is 0 Å². The summed E-state index contributed by atoms with van der Waals surface area (Å²) in [5, 5.41) is 22.8. The highest BCUT2D eigenvalue weighted by Gasteiger charge is 2.39. The van der Waals surface area contributed by atoms with Crippen LogP contribution in [0.3, 0.4) is 0 Å². The SMILES string of the molecule is CCC(CC)(c1ccc([OH+]CC(C)(O)C(C)(C)C)c(C)c1)c1ccc(C(=O)NC(C)(C)C(=O)O)c(C)c1. The second-order valence-corrected chi connectivity index (χ2v) is 12.0. The number of benzene rings is 2. The second-order valence-electron chi connectivity index (χ2n) is 12.0. The maximum absolute atomic E-state index is 12.8. The predicted molar refractivity (Wildman–Crippen MR) is 150 cm³/mol. The molecule has 6 nitrogen and oxygen atoms in total. The van der Waals surface area contributed by atoms with Crippen molar-refractivity contribution < 1.29 is 24.5 Å². The number of aliphatic hydroxyl groups is 2. The van der Waals surface area contributed by atoms with Gasteiger partial charge >= 0.3 is 5.97 Å². The Kier molecular flexibility index (Phi) is 8.91. The van der Waals surface area contributed by atoms with Gasteiger partial charge in [-0.25, -0.2) is 4.79 Å². The predicted octanol–water partition coefficient (Wildman–Crippen LogP) is 6.04. The topological polar surface area (TPSA) is 99.4 Å². The van der Waals surface area contributed by atoms with Crippen LogP contribution in [0.2, 0.25) is 0 Å². The highest BCUT2D eigenvalue weighted by atomic mass is 16.5. The first-order valence-corrected chi connectivity index (χ1v) is 13.1. The van der Waals surface area contributed by atoms with Gasteiger partial charge in [-0.2, -0.15) is 0 Å². The zero-order valence-electron chi connectivity index (χ0n) is 24.2. The number of aryl methyl sites for hydroxylation is 2. The van der Waals surface area contributed by atoms with Crippen LogP contribution in [0.5, 0.6) is 5.75 Å². The van der Waals surface area contributed by atoms with Crippen LogP contribution < -0.4 is 5.32 Å². The Labute approximate surface area is 222 Å². The van der Waals surface area contributed by atoms with Crippen LogP contribution in [-0.4, -0.2) is 44.6 Å². The number of nitrogens with one attached hydrogen (secondary N) is 1. The molecule has 0 heterocycles. The van der Waals surface area contributed by atoms with Gasteiger partial charge in [0.25, 0.3) is 11.7 Å². The third-order valence-corrected chi connectivity index (χ3v) is 8.11. The number of hydrogen-bond donors (Lipinski definition) is 3. The Balaban J connectivity index is 2.40. The number of rotatable bonds is 10. The highest BCUT2D eigenvalue weighted by Crippen LogP contribution is 2.41. The summed E-state index contributed by atoms with van der Waals surface area (Å²) in [6.45, 7) is 19.4. The van der Waals surface area contributed by atoms with Crippen molar-refractivity contribution in [3.8, 4) is 5.75 Å². The number of carboxylic acids is 1. The van der Waals surface area contributed by atoms with Gasteiger partial charge in [0.05, 0.1) is 0 Å². The van der Waals surface area contributed by atoms with E-state index in [-0.39, 0.29) is 10.8 Å². The number of amides is 1. The lowest BCUT2D eigenvalue weighted by molar-refractivity contribution is -0.143. The number of hydrogen-bond acceptors (Lipinski definition) is 3. The normalized spacial score (nSPS) is 14.1. The van der Waals surface area contributed by atoms with Crippen LogP contribution in [0.4, 0.5) is 0 Å². The van der Waals surface area contributed by atoms with E-state index in [9.17, 15) is 19.8 Å². The molecule has 6 heteroatoms. The molecule has 0 aliphatic rings. The number of aliphatic carboxylic acids is 1. The molecule has 0 saturated heterocycles. The molecule has 204 valence electrons. The number of carbonyl (C=O) groups is 2. The molecule has 0 bridgehead atoms. The van der Waals surface area contributed by atoms with E-state index in [1.165, 1.54) is 19.4 Å². The van der Waals surface area contributed by atoms with E-state index in [0.29, 0.717) is 12.2 Å². The maximum atomic E-state index is 12.8. The summed E-state index contributed by atoms with van der Waals surface area (Å²) in [4.78, 5) is 24.3. The van der Waals surface area contributed by atoms with Crippen LogP contribution in [-0.2, 0) is 10.2 Å². The molecule has 2 rings (SSSR count). The molecular formula is C31H46NO5+. The average Bonchev–Trinajstić information content (AvgIpc) is 2.78. The average molecular weight is 513 g/mol. The minimum Gasteiger partial charge on any atom is -0.580 e. The van der Waals surface area contributed by atoms with Crippen molar-refractivity contribution in [3.63, 3.8) is 0 Å². The summed E-state index contributed by atoms with van der Waals surface area (Å²) in [7, 11) is 0. The summed E-state index contributed by atoms with van der Waals surface area (Å²) in [6, 6.07) is 12.2. The quantitative estimate of drug-likeness (QED) is 0.338. The molecule has 0 aliphatic heterocycles. The van der Waals surface area contributed by atoms with Gasteiger partial charge in [0.1, 0.15) is 11.1 Å². The molecule has 0 spiro atoms. The number of carbonyl (C=O) groups excluding carboxylic acids is 1. The fourth-order valence-corrected chi connectivity index (χ4v) is 4.46. The lowest BCUT2D eigenvalue weighted by Crippen LogP contribution is -2.49. The van der Waals surface area contributed by atoms with E-state index in [2.05, 4.69) is 31.3 Å². The third-order valence-electron chi connectivity index (χ3n) is 8.11. The van der Waals surface area contributed by atoms with Gasteiger partial charge in [0, 0.05) is 22.6 Å². The lowest BCUT2D eigenvalue weighted by atomic mass is 9.70. The fourth-order valence-electron chi connectivity index (χ4n) is 4.46. The van der Waals surface area contributed by atoms with Gasteiger partial charge in [-0.15, -0.1) is 0 Å². The molecule has 1 amide bonds. The molecule has 4 N–H and O–H groups in total. The van der Waals surface area contributed by atoms with Crippen LogP contribution in [0.1, 0.15) is 101 Å². The summed E-state index contributed by atoms with van der Waals surface area (Å²) in [5.41, 5.74) is 1.81. The Hall–Kier alpha value is -2.86. The first-order chi connectivity index (χ1) is 16.9. The molecule has 0 fully saturated rings. The fraction of sp³-hybridized carbons (Fsp3) is 0.548. The minimum atomic E-state index is -1.36. The zero-order chi connectivity index (χ0) is 28.4. The van der Waals surface area contributed by atoms with Crippen molar-refractivity contribution in [1.82, 2.24) is 5.32 Å². The smallest absolute Gasteiger partial charge is 0.328 e. The molecule has 0 saturated carbocycles. The monoisotopic (exact) mass is 512 g/mol. The highest BCUT2D eigenvalue weighted by molar-refractivity contribution is 5.98. The van der Waals surface area contributed by atoms with Gasteiger partial charge in [0.2, 0.25) is 6.61 Å². The first-order valence-electron chi connectivity index (χ1n) is 13.1. The van der Waals surface area contributed by atoms with Crippen LogP contribution in [0.25, 0.3) is 0 Å². The Morgan fingerprint density at radius 1 is 0.865 bits per heavy atom. The molecule has 0 aliphatic carbocycles. The molecule has 0 radical (unpaired) electrons. The van der Waals surface area contributed by atoms with Gasteiger partial charge in [-0.05, 0) is 87.8 Å². The summed E-state index contributed by atoms with van der Waals surface area (Å²) in [5.74, 6) is -0.611. The van der Waals surface area contributed by atoms with Gasteiger partial charge in [-0.3, -0.25) is 4.79 Å². The first kappa shape index (κ1) is 30.4. The Morgan fingerprint density at radius 3 is 1.81 bits per heavy atom. The molecule has 2 aromatic rings. The van der Waals surface area contributed by atoms with Crippen LogP contribution in [0.15, 0.2) is 36.4 Å². The van der Waals surface area contributed by atoms with Crippen LogP contribution in [0, 0.1) is 19.3 Å². The zero-order valence-corrected chi connectivity index (χ0v) is 24.2. The Bertz CT molecular complexity index is 1140. The van der Waals surface area contributed by atoms with E-state index in [0.717, 1.165) is 35.3 Å². The number of ether oxygens (including phenoxy) is 1. The third kappa shape index (κ3) is 6.35. The van der Waals surface area contributed by atoms with Crippen molar-refractivity contribution in [1.29, 1.82) is 0 Å². The maximum Gasteiger partial charge on any atom is 0.328 e. The van der Waals surface area contributed by atoms with E-state index < -0.39 is 23.0 Å². The van der Waals surface area contributed by atoms with Crippen molar-refractivity contribution in [2.24, 2.45) is 5.41 Å². The molecule has 1 unspecified atom stereocenters. The molecule has 37 heavy (non-hydrogen) atoms. The second kappa shape index (κ2) is 10.9. The molecule has 0 aromatic heterocycles. The van der Waals surface area contributed by atoms with E-state index in [4.69, 9.17) is 4.74 Å².